The molecule has 1 atom stereocenters. The van der Waals surface area contributed by atoms with Gasteiger partial charge in [0.25, 0.3) is 0 Å². The third-order valence-electron chi connectivity index (χ3n) is 6.82. The van der Waals surface area contributed by atoms with Crippen LogP contribution in [0.1, 0.15) is 25.0 Å². The summed E-state index contributed by atoms with van der Waals surface area (Å²) in [5.41, 5.74) is 3.13. The maximum absolute atomic E-state index is 12.8. The Balaban J connectivity index is 1.62. The summed E-state index contributed by atoms with van der Waals surface area (Å²) in [6, 6.07) is 28.7. The molecule has 0 spiro atoms. The van der Waals surface area contributed by atoms with E-state index in [0.29, 0.717) is 13.1 Å². The van der Waals surface area contributed by atoms with Crippen LogP contribution in [0.5, 0.6) is 0 Å². The molecule has 0 amide bonds. The first-order chi connectivity index (χ1) is 16.0. The van der Waals surface area contributed by atoms with Gasteiger partial charge in [-0.1, -0.05) is 66.7 Å². The van der Waals surface area contributed by atoms with E-state index in [1.165, 1.54) is 11.3 Å². The molecule has 0 bridgehead atoms. The molecule has 1 aliphatic rings. The number of hydrogen-bond donors (Lipinski definition) is 1. The van der Waals surface area contributed by atoms with Gasteiger partial charge in [-0.2, -0.15) is 0 Å². The van der Waals surface area contributed by atoms with Gasteiger partial charge >= 0.3 is 5.97 Å². The van der Waals surface area contributed by atoms with Crippen LogP contribution in [0.2, 0.25) is 0 Å². The van der Waals surface area contributed by atoms with Crippen LogP contribution < -0.4 is 9.80 Å². The highest BCUT2D eigenvalue weighted by Crippen LogP contribution is 2.37. The van der Waals surface area contributed by atoms with Gasteiger partial charge < -0.3 is 14.9 Å². The SMILES string of the molecule is CCN(Cc1ccccc1)c1ccccc1C(C)(C(=O)O)N1CCN(c2ccccc2)CC1. The molecule has 1 fully saturated rings. The maximum Gasteiger partial charge on any atom is 0.328 e. The smallest absolute Gasteiger partial charge is 0.328 e. The molecule has 0 aromatic heterocycles. The van der Waals surface area contributed by atoms with E-state index in [-0.39, 0.29) is 0 Å². The van der Waals surface area contributed by atoms with Gasteiger partial charge in [0.05, 0.1) is 0 Å². The minimum atomic E-state index is -1.11. The van der Waals surface area contributed by atoms with E-state index < -0.39 is 11.5 Å². The summed E-state index contributed by atoms with van der Waals surface area (Å²) in [6.07, 6.45) is 0. The van der Waals surface area contributed by atoms with E-state index >= 15 is 0 Å². The van der Waals surface area contributed by atoms with Crippen LogP contribution >= 0.6 is 0 Å². The Labute approximate surface area is 196 Å². The predicted octanol–water partition coefficient (Wildman–Crippen LogP) is 4.84. The third kappa shape index (κ3) is 4.74. The summed E-state index contributed by atoms with van der Waals surface area (Å²) in [5, 5.41) is 10.5. The summed E-state index contributed by atoms with van der Waals surface area (Å²) < 4.78 is 0. The largest absolute Gasteiger partial charge is 0.480 e. The lowest BCUT2D eigenvalue weighted by molar-refractivity contribution is -0.151. The molecule has 1 unspecified atom stereocenters. The molecule has 0 saturated carbocycles. The van der Waals surface area contributed by atoms with Gasteiger partial charge in [-0.25, -0.2) is 4.79 Å². The van der Waals surface area contributed by atoms with Crippen LogP contribution in [0.3, 0.4) is 0 Å². The normalized spacial score (nSPS) is 16.2. The average Bonchev–Trinajstić information content (AvgIpc) is 2.88. The summed E-state index contributed by atoms with van der Waals surface area (Å²) in [6.45, 7) is 8.51. The fourth-order valence-corrected chi connectivity index (χ4v) is 4.80. The first-order valence-electron chi connectivity index (χ1n) is 11.7. The number of anilines is 2. The van der Waals surface area contributed by atoms with Gasteiger partial charge in [0.1, 0.15) is 5.54 Å². The lowest BCUT2D eigenvalue weighted by Gasteiger charge is -2.45. The topological polar surface area (TPSA) is 47.0 Å². The molecule has 1 N–H and O–H groups in total. The van der Waals surface area contributed by atoms with Gasteiger partial charge in [0, 0.05) is 56.2 Å². The first-order valence-corrected chi connectivity index (χ1v) is 11.7. The maximum atomic E-state index is 12.8. The van der Waals surface area contributed by atoms with Gasteiger partial charge in [-0.15, -0.1) is 0 Å². The van der Waals surface area contributed by atoms with Crippen molar-refractivity contribution >= 4 is 17.3 Å². The molecule has 4 rings (SSSR count). The lowest BCUT2D eigenvalue weighted by Crippen LogP contribution is -2.58. The highest BCUT2D eigenvalue weighted by atomic mass is 16.4. The van der Waals surface area contributed by atoms with E-state index in [0.717, 1.165) is 37.4 Å². The molecular formula is C28H33N3O2. The fraction of sp³-hybridized carbons (Fsp3) is 0.321. The minimum absolute atomic E-state index is 0.691. The second kappa shape index (κ2) is 10.1. The summed E-state index contributed by atoms with van der Waals surface area (Å²) >= 11 is 0. The van der Waals surface area contributed by atoms with Crippen molar-refractivity contribution in [1.82, 2.24) is 4.90 Å². The van der Waals surface area contributed by atoms with Crippen molar-refractivity contribution < 1.29 is 9.90 Å². The number of benzene rings is 3. The van der Waals surface area contributed by atoms with Gasteiger partial charge in [-0.05, 0) is 37.6 Å². The third-order valence-corrected chi connectivity index (χ3v) is 6.82. The van der Waals surface area contributed by atoms with Crippen LogP contribution in [0.25, 0.3) is 0 Å². The zero-order valence-electron chi connectivity index (χ0n) is 19.5. The molecule has 3 aromatic carbocycles. The average molecular weight is 444 g/mol. The number of para-hydroxylation sites is 2. The number of piperazine rings is 1. The molecule has 172 valence electrons. The molecule has 0 radical (unpaired) electrons. The van der Waals surface area contributed by atoms with E-state index in [1.807, 2.05) is 61.5 Å². The summed E-state index contributed by atoms with van der Waals surface area (Å²) in [5.74, 6) is -0.807. The zero-order valence-corrected chi connectivity index (χ0v) is 19.5. The Morgan fingerprint density at radius 1 is 0.879 bits per heavy atom. The highest BCUT2D eigenvalue weighted by molar-refractivity contribution is 5.83. The Kier molecular flexibility index (Phi) is 6.99. The lowest BCUT2D eigenvalue weighted by atomic mass is 9.87. The summed E-state index contributed by atoms with van der Waals surface area (Å²) in [4.78, 5) is 19.6. The summed E-state index contributed by atoms with van der Waals surface area (Å²) in [7, 11) is 0. The van der Waals surface area contributed by atoms with Crippen molar-refractivity contribution in [3.63, 3.8) is 0 Å². The van der Waals surface area contributed by atoms with Crippen molar-refractivity contribution in [3.8, 4) is 0 Å². The van der Waals surface area contributed by atoms with Crippen LogP contribution in [0, 0.1) is 0 Å². The highest BCUT2D eigenvalue weighted by Gasteiger charge is 2.44. The van der Waals surface area contributed by atoms with Crippen molar-refractivity contribution in [2.24, 2.45) is 0 Å². The number of carboxylic acid groups (broad SMARTS) is 1. The Morgan fingerprint density at radius 2 is 1.45 bits per heavy atom. The molecule has 1 saturated heterocycles. The zero-order chi connectivity index (χ0) is 23.3. The van der Waals surface area contributed by atoms with E-state index in [9.17, 15) is 9.90 Å². The number of carbonyl (C=O) groups is 1. The molecule has 5 heteroatoms. The number of carboxylic acids is 1. The number of hydrogen-bond acceptors (Lipinski definition) is 4. The standard InChI is InChI=1S/C28H33N3O2/c1-3-29(22-23-12-6-4-7-13-23)26-17-11-10-16-25(26)28(2,27(32)33)31-20-18-30(19-21-31)24-14-8-5-9-15-24/h4-17H,3,18-22H2,1-2H3,(H,32,33). The predicted molar refractivity (Wildman–Crippen MR) is 135 cm³/mol. The molecule has 33 heavy (non-hydrogen) atoms. The molecule has 0 aliphatic carbocycles. The van der Waals surface area contributed by atoms with Gasteiger partial charge in [-0.3, -0.25) is 4.90 Å². The van der Waals surface area contributed by atoms with Crippen LogP contribution in [-0.2, 0) is 16.9 Å². The van der Waals surface area contributed by atoms with Crippen molar-refractivity contribution in [2.45, 2.75) is 25.9 Å². The monoisotopic (exact) mass is 443 g/mol. The number of nitrogens with zero attached hydrogens (tertiary/aromatic N) is 3. The van der Waals surface area contributed by atoms with Gasteiger partial charge in [0.15, 0.2) is 0 Å². The van der Waals surface area contributed by atoms with Crippen molar-refractivity contribution in [3.05, 3.63) is 96.1 Å². The molecule has 1 heterocycles. The second-order valence-electron chi connectivity index (χ2n) is 8.70. The van der Waals surface area contributed by atoms with E-state index in [4.69, 9.17) is 0 Å². The van der Waals surface area contributed by atoms with E-state index in [2.05, 4.69) is 52.0 Å². The Morgan fingerprint density at radius 3 is 2.06 bits per heavy atom. The molecule has 3 aromatic rings. The molecule has 1 aliphatic heterocycles. The first kappa shape index (κ1) is 22.9. The van der Waals surface area contributed by atoms with Gasteiger partial charge in [0.2, 0.25) is 0 Å². The van der Waals surface area contributed by atoms with E-state index in [1.54, 1.807) is 0 Å². The van der Waals surface area contributed by atoms with Crippen molar-refractivity contribution in [1.29, 1.82) is 0 Å². The second-order valence-corrected chi connectivity index (χ2v) is 8.70. The van der Waals surface area contributed by atoms with Crippen molar-refractivity contribution in [2.75, 3.05) is 42.5 Å². The minimum Gasteiger partial charge on any atom is -0.480 e. The quantitative estimate of drug-likeness (QED) is 0.540. The number of rotatable bonds is 8. The van der Waals surface area contributed by atoms with Crippen LogP contribution in [0.4, 0.5) is 11.4 Å². The van der Waals surface area contributed by atoms with Crippen LogP contribution in [0.15, 0.2) is 84.9 Å². The Bertz CT molecular complexity index is 1050. The molecular weight excluding hydrogens is 410 g/mol. The Hall–Kier alpha value is -3.31. The molecule has 5 nitrogen and oxygen atoms in total. The number of aliphatic carboxylic acids is 1. The van der Waals surface area contributed by atoms with Crippen LogP contribution in [-0.4, -0.2) is 48.7 Å². The fourth-order valence-electron chi connectivity index (χ4n) is 4.80.